The summed E-state index contributed by atoms with van der Waals surface area (Å²) in [6.07, 6.45) is 2.43. The number of benzene rings is 1. The number of aromatic amines is 1. The molecule has 1 aliphatic heterocycles. The lowest BCUT2D eigenvalue weighted by Gasteiger charge is -2.31. The number of rotatable bonds is 2. The van der Waals surface area contributed by atoms with Crippen molar-refractivity contribution in [2.45, 2.75) is 38.3 Å². The molecule has 0 spiro atoms. The molecule has 4 atom stereocenters. The Bertz CT molecular complexity index is 724. The average molecular weight is 299 g/mol. The number of hydrazine groups is 1. The van der Waals surface area contributed by atoms with Crippen LogP contribution in [0.4, 0.5) is 0 Å². The van der Waals surface area contributed by atoms with Gasteiger partial charge in [0.2, 0.25) is 0 Å². The molecule has 4 N–H and O–H groups in total. The van der Waals surface area contributed by atoms with Crippen LogP contribution in [0.5, 0.6) is 0 Å². The van der Waals surface area contributed by atoms with Crippen molar-refractivity contribution in [2.75, 3.05) is 0 Å². The Hall–Kier alpha value is -1.85. The molecule has 4 rings (SSSR count). The minimum Gasteiger partial charge on any atom is -0.481 e. The number of carboxylic acid groups (broad SMARTS) is 1. The summed E-state index contributed by atoms with van der Waals surface area (Å²) in [5.41, 5.74) is 10.4. The maximum atomic E-state index is 11.4. The number of hydrogen-bond donors (Lipinski definition) is 4. The van der Waals surface area contributed by atoms with Crippen LogP contribution in [-0.2, 0) is 4.79 Å². The number of aromatic nitrogens is 1. The van der Waals surface area contributed by atoms with Crippen molar-refractivity contribution >= 4 is 16.9 Å². The van der Waals surface area contributed by atoms with Gasteiger partial charge in [0.05, 0.1) is 12.0 Å². The number of aryl methyl sites for hydroxylation is 1. The van der Waals surface area contributed by atoms with Crippen LogP contribution in [0.2, 0.25) is 0 Å². The fourth-order valence-electron chi connectivity index (χ4n) is 4.27. The Labute approximate surface area is 129 Å². The van der Waals surface area contributed by atoms with Gasteiger partial charge >= 0.3 is 5.97 Å². The molecule has 1 saturated heterocycles. The highest BCUT2D eigenvalue weighted by Gasteiger charge is 2.43. The molecule has 0 bridgehead atoms. The van der Waals surface area contributed by atoms with Crippen molar-refractivity contribution < 1.29 is 9.90 Å². The van der Waals surface area contributed by atoms with Crippen molar-refractivity contribution in [1.82, 2.24) is 15.8 Å². The average Bonchev–Trinajstić information content (AvgIpc) is 3.06. The molecule has 0 amide bonds. The second-order valence-corrected chi connectivity index (χ2v) is 6.59. The molecule has 2 aliphatic rings. The van der Waals surface area contributed by atoms with Crippen molar-refractivity contribution in [1.29, 1.82) is 0 Å². The first-order valence-corrected chi connectivity index (χ1v) is 7.96. The van der Waals surface area contributed by atoms with Gasteiger partial charge in [-0.1, -0.05) is 18.2 Å². The van der Waals surface area contributed by atoms with Crippen molar-refractivity contribution in [3.05, 3.63) is 35.5 Å². The van der Waals surface area contributed by atoms with Crippen molar-refractivity contribution in [2.24, 2.45) is 11.8 Å². The predicted octanol–water partition coefficient (Wildman–Crippen LogP) is 2.49. The van der Waals surface area contributed by atoms with E-state index in [1.807, 2.05) is 6.07 Å². The molecule has 4 unspecified atom stereocenters. The van der Waals surface area contributed by atoms with Crippen LogP contribution >= 0.6 is 0 Å². The molecule has 2 heterocycles. The van der Waals surface area contributed by atoms with Crippen molar-refractivity contribution in [3.8, 4) is 0 Å². The fourth-order valence-corrected chi connectivity index (χ4v) is 4.27. The zero-order chi connectivity index (χ0) is 15.3. The van der Waals surface area contributed by atoms with E-state index < -0.39 is 5.97 Å². The van der Waals surface area contributed by atoms with E-state index in [9.17, 15) is 9.90 Å². The summed E-state index contributed by atoms with van der Waals surface area (Å²) in [6, 6.07) is 8.86. The Balaban J connectivity index is 1.72. The monoisotopic (exact) mass is 299 g/mol. The molecular formula is C17H21N3O2. The van der Waals surface area contributed by atoms with Gasteiger partial charge < -0.3 is 10.1 Å². The van der Waals surface area contributed by atoms with E-state index in [2.05, 4.69) is 41.0 Å². The summed E-state index contributed by atoms with van der Waals surface area (Å²) < 4.78 is 0. The van der Waals surface area contributed by atoms with Crippen LogP contribution in [0.3, 0.4) is 0 Å². The number of fused-ring (bicyclic) bond motifs is 2. The molecule has 116 valence electrons. The summed E-state index contributed by atoms with van der Waals surface area (Å²) in [5, 5.41) is 10.6. The first-order valence-electron chi connectivity index (χ1n) is 7.96. The van der Waals surface area contributed by atoms with E-state index in [1.165, 1.54) is 16.6 Å². The molecule has 1 aromatic heterocycles. The molecule has 0 radical (unpaired) electrons. The van der Waals surface area contributed by atoms with E-state index >= 15 is 0 Å². The van der Waals surface area contributed by atoms with Crippen molar-refractivity contribution in [3.63, 3.8) is 0 Å². The van der Waals surface area contributed by atoms with Crippen LogP contribution in [0.15, 0.2) is 24.3 Å². The standard InChI is InChI=1S/C17H21N3O2/c1-9-15(11-4-2-3-5-13(11)18-9)16-12-8-10(17(21)22)6-7-14(12)19-20-16/h2-5,10,12,14,16,18-20H,6-8H2,1H3,(H,21,22). The summed E-state index contributed by atoms with van der Waals surface area (Å²) in [5.74, 6) is -0.538. The highest BCUT2D eigenvalue weighted by molar-refractivity contribution is 5.85. The summed E-state index contributed by atoms with van der Waals surface area (Å²) in [7, 11) is 0. The van der Waals surface area contributed by atoms with Gasteiger partial charge in [0.15, 0.2) is 0 Å². The van der Waals surface area contributed by atoms with Crippen LogP contribution in [0.25, 0.3) is 10.9 Å². The second kappa shape index (κ2) is 5.11. The molecule has 5 nitrogen and oxygen atoms in total. The molecule has 2 fully saturated rings. The summed E-state index contributed by atoms with van der Waals surface area (Å²) in [4.78, 5) is 14.8. The van der Waals surface area contributed by atoms with E-state index in [0.29, 0.717) is 12.0 Å². The number of carbonyl (C=O) groups is 1. The largest absolute Gasteiger partial charge is 0.481 e. The number of carboxylic acids is 1. The third-order valence-corrected chi connectivity index (χ3v) is 5.36. The van der Waals surface area contributed by atoms with Gasteiger partial charge in [-0.2, -0.15) is 0 Å². The van der Waals surface area contributed by atoms with E-state index in [-0.39, 0.29) is 12.0 Å². The number of nitrogens with one attached hydrogen (secondary N) is 3. The minimum atomic E-state index is -0.653. The number of aliphatic carboxylic acids is 1. The molecule has 1 aliphatic carbocycles. The van der Waals surface area contributed by atoms with Gasteiger partial charge in [-0.3, -0.25) is 10.2 Å². The van der Waals surface area contributed by atoms with Gasteiger partial charge in [0, 0.05) is 22.6 Å². The van der Waals surface area contributed by atoms with Gasteiger partial charge in [-0.25, -0.2) is 5.43 Å². The third-order valence-electron chi connectivity index (χ3n) is 5.36. The lowest BCUT2D eigenvalue weighted by atomic mass is 9.74. The Morgan fingerprint density at radius 1 is 1.23 bits per heavy atom. The van der Waals surface area contributed by atoms with E-state index in [4.69, 9.17) is 0 Å². The highest BCUT2D eigenvalue weighted by atomic mass is 16.4. The van der Waals surface area contributed by atoms with Crippen LogP contribution < -0.4 is 10.9 Å². The van der Waals surface area contributed by atoms with Crippen LogP contribution in [0, 0.1) is 18.8 Å². The highest BCUT2D eigenvalue weighted by Crippen LogP contribution is 2.43. The van der Waals surface area contributed by atoms with Gasteiger partial charge in [-0.15, -0.1) is 0 Å². The predicted molar refractivity (Wildman–Crippen MR) is 84.3 cm³/mol. The van der Waals surface area contributed by atoms with E-state index in [1.54, 1.807) is 0 Å². The van der Waals surface area contributed by atoms with Crippen LogP contribution in [0.1, 0.15) is 36.6 Å². The molecule has 5 heteroatoms. The fraction of sp³-hybridized carbons (Fsp3) is 0.471. The molecule has 22 heavy (non-hydrogen) atoms. The normalized spacial score (nSPS) is 31.3. The topological polar surface area (TPSA) is 77.2 Å². The quantitative estimate of drug-likeness (QED) is 0.687. The molecular weight excluding hydrogens is 278 g/mol. The van der Waals surface area contributed by atoms with Gasteiger partial charge in [-0.05, 0) is 43.7 Å². The molecule has 1 aromatic carbocycles. The third kappa shape index (κ3) is 2.04. The van der Waals surface area contributed by atoms with Gasteiger partial charge in [0.25, 0.3) is 0 Å². The second-order valence-electron chi connectivity index (χ2n) is 6.59. The molecule has 1 saturated carbocycles. The zero-order valence-corrected chi connectivity index (χ0v) is 12.6. The SMILES string of the molecule is Cc1[nH]c2ccccc2c1C1NNC2CCC(C(=O)O)CC21. The Kier molecular flexibility index (Phi) is 3.20. The summed E-state index contributed by atoms with van der Waals surface area (Å²) in [6.45, 7) is 2.10. The zero-order valence-electron chi connectivity index (χ0n) is 12.6. The first-order chi connectivity index (χ1) is 10.6. The maximum Gasteiger partial charge on any atom is 0.306 e. The van der Waals surface area contributed by atoms with E-state index in [0.717, 1.165) is 24.8 Å². The maximum absolute atomic E-state index is 11.4. The first kappa shape index (κ1) is 13.8. The lowest BCUT2D eigenvalue weighted by molar-refractivity contribution is -0.143. The summed E-state index contributed by atoms with van der Waals surface area (Å²) >= 11 is 0. The van der Waals surface area contributed by atoms with Crippen LogP contribution in [-0.4, -0.2) is 22.1 Å². The Morgan fingerprint density at radius 3 is 2.86 bits per heavy atom. The number of para-hydroxylation sites is 1. The number of H-pyrrole nitrogens is 1. The molecule has 2 aromatic rings. The minimum absolute atomic E-state index is 0.170. The Morgan fingerprint density at radius 2 is 2.05 bits per heavy atom. The number of hydrogen-bond acceptors (Lipinski definition) is 3. The smallest absolute Gasteiger partial charge is 0.306 e. The lowest BCUT2D eigenvalue weighted by Crippen LogP contribution is -2.36. The van der Waals surface area contributed by atoms with Gasteiger partial charge in [0.1, 0.15) is 0 Å².